The summed E-state index contributed by atoms with van der Waals surface area (Å²) in [5.41, 5.74) is 1.73. The van der Waals surface area contributed by atoms with Crippen LogP contribution >= 0.6 is 11.6 Å². The first kappa shape index (κ1) is 16.6. The fraction of sp³-hybridized carbons (Fsp3) is 0.0588. The molecule has 24 heavy (non-hydrogen) atoms. The molecule has 1 fully saturated rings. The van der Waals surface area contributed by atoms with Crippen LogP contribution in [-0.2, 0) is 4.79 Å². The van der Waals surface area contributed by atoms with Gasteiger partial charge in [0, 0.05) is 0 Å². The summed E-state index contributed by atoms with van der Waals surface area (Å²) in [7, 11) is 1.77. The van der Waals surface area contributed by atoms with E-state index in [1.807, 2.05) is 0 Å². The van der Waals surface area contributed by atoms with Gasteiger partial charge in [-0.25, -0.2) is 0 Å². The third-order valence-electron chi connectivity index (χ3n) is 3.65. The summed E-state index contributed by atoms with van der Waals surface area (Å²) in [6.07, 6.45) is 1.65. The van der Waals surface area contributed by atoms with E-state index in [0.717, 1.165) is 0 Å². The van der Waals surface area contributed by atoms with Crippen molar-refractivity contribution in [3.05, 3.63) is 58.7 Å². The number of rotatable bonds is 2. The van der Waals surface area contributed by atoms with Gasteiger partial charge in [-0.15, -0.1) is 0 Å². The Morgan fingerprint density at radius 2 is 1.75 bits per heavy atom. The summed E-state index contributed by atoms with van der Waals surface area (Å²) in [4.78, 5) is 16.1. The summed E-state index contributed by atoms with van der Waals surface area (Å²) in [5.74, 6) is -0.650. The maximum atomic E-state index is 12.8. The molecule has 1 aliphatic rings. The molecule has 0 radical (unpaired) electrons. The van der Waals surface area contributed by atoms with E-state index in [0.29, 0.717) is 26.6 Å². The SMILES string of the molecule is CN1C(=[Se])N(c2ccc(Cl)cc2)C(=O)/C1=C\c1ccc(O)c(O)c1. The molecule has 5 nitrogen and oxygen atoms in total. The van der Waals surface area contributed by atoms with E-state index in [1.165, 1.54) is 12.1 Å². The van der Waals surface area contributed by atoms with Gasteiger partial charge in [0.15, 0.2) is 0 Å². The van der Waals surface area contributed by atoms with E-state index in [4.69, 9.17) is 11.6 Å². The number of hydrogen-bond donors (Lipinski definition) is 2. The number of phenolic OH excluding ortho intramolecular Hbond substituents is 2. The molecule has 0 saturated carbocycles. The Balaban J connectivity index is 1.99. The van der Waals surface area contributed by atoms with Gasteiger partial charge in [0.2, 0.25) is 0 Å². The number of aromatic hydroxyl groups is 2. The van der Waals surface area contributed by atoms with Crippen LogP contribution in [-0.4, -0.2) is 48.3 Å². The van der Waals surface area contributed by atoms with Crippen LogP contribution in [0.25, 0.3) is 6.08 Å². The van der Waals surface area contributed by atoms with E-state index < -0.39 is 0 Å². The molecule has 2 aromatic carbocycles. The zero-order valence-corrected chi connectivity index (χ0v) is 15.1. The van der Waals surface area contributed by atoms with Gasteiger partial charge >= 0.3 is 152 Å². The Kier molecular flexibility index (Phi) is 4.37. The normalized spacial score (nSPS) is 16.3. The monoisotopic (exact) mass is 408 g/mol. The molecule has 0 spiro atoms. The standard InChI is InChI=1S/C17H13ClN2O3Se/c1-19-13(8-10-2-7-14(21)15(22)9-10)16(23)20(17(19)24)12-5-3-11(18)4-6-12/h2-9,21-22H,1H3/b13-8+. The molecule has 0 aromatic heterocycles. The third-order valence-corrected chi connectivity index (χ3v) is 4.86. The number of nitrogens with zero attached hydrogens (tertiary/aromatic N) is 2. The van der Waals surface area contributed by atoms with E-state index in [9.17, 15) is 15.0 Å². The predicted octanol–water partition coefficient (Wildman–Crippen LogP) is 2.33. The average Bonchev–Trinajstić information content (AvgIpc) is 2.76. The number of amides is 1. The van der Waals surface area contributed by atoms with Crippen molar-refractivity contribution < 1.29 is 15.0 Å². The summed E-state index contributed by atoms with van der Waals surface area (Å²) in [5, 5.41) is 19.6. The van der Waals surface area contributed by atoms with Crippen LogP contribution in [0, 0.1) is 0 Å². The second-order valence-corrected chi connectivity index (χ2v) is 6.44. The summed E-state index contributed by atoms with van der Waals surface area (Å²) in [6, 6.07) is 11.4. The van der Waals surface area contributed by atoms with E-state index >= 15 is 0 Å². The number of carbonyl (C=O) groups excluding carboxylic acids is 1. The Morgan fingerprint density at radius 3 is 2.38 bits per heavy atom. The first-order valence-corrected chi connectivity index (χ1v) is 8.23. The van der Waals surface area contributed by atoms with Crippen molar-refractivity contribution in [2.45, 2.75) is 0 Å². The topological polar surface area (TPSA) is 64.0 Å². The second-order valence-electron chi connectivity index (χ2n) is 5.24. The minimum atomic E-state index is -0.237. The number of hydrogen-bond acceptors (Lipinski definition) is 4. The van der Waals surface area contributed by atoms with Crippen LogP contribution in [0.3, 0.4) is 0 Å². The van der Waals surface area contributed by atoms with Gasteiger partial charge in [-0.05, 0) is 0 Å². The first-order chi connectivity index (χ1) is 11.4. The Labute approximate surface area is 151 Å². The van der Waals surface area contributed by atoms with Gasteiger partial charge in [-0.3, -0.25) is 0 Å². The van der Waals surface area contributed by atoms with Gasteiger partial charge in [0.25, 0.3) is 0 Å². The van der Waals surface area contributed by atoms with Crippen molar-refractivity contribution in [1.82, 2.24) is 4.90 Å². The van der Waals surface area contributed by atoms with Crippen LogP contribution in [0.2, 0.25) is 5.02 Å². The van der Waals surface area contributed by atoms with E-state index in [2.05, 4.69) is 15.6 Å². The molecule has 0 aliphatic carbocycles. The summed E-state index contributed by atoms with van der Waals surface area (Å²) in [6.45, 7) is 0. The molecule has 2 aromatic rings. The molecule has 0 unspecified atom stereocenters. The molecule has 1 aliphatic heterocycles. The molecule has 122 valence electrons. The third kappa shape index (κ3) is 2.91. The van der Waals surface area contributed by atoms with Crippen molar-refractivity contribution in [3.63, 3.8) is 0 Å². The fourth-order valence-electron chi connectivity index (χ4n) is 2.36. The van der Waals surface area contributed by atoms with Crippen LogP contribution in [0.1, 0.15) is 5.56 Å². The van der Waals surface area contributed by atoms with Crippen molar-refractivity contribution in [2.75, 3.05) is 11.9 Å². The van der Waals surface area contributed by atoms with Crippen LogP contribution in [0.5, 0.6) is 11.5 Å². The molecule has 3 rings (SSSR count). The predicted molar refractivity (Wildman–Crippen MR) is 95.2 cm³/mol. The molecule has 2 N–H and O–H groups in total. The molecule has 1 saturated heterocycles. The molecule has 7 heteroatoms. The molecular weight excluding hydrogens is 395 g/mol. The fourth-order valence-corrected chi connectivity index (χ4v) is 3.09. The summed E-state index contributed by atoms with van der Waals surface area (Å²) >= 11 is 8.80. The van der Waals surface area contributed by atoms with Crippen LogP contribution in [0.15, 0.2) is 48.2 Å². The Bertz CT molecular complexity index is 865. The second kappa shape index (κ2) is 6.32. The van der Waals surface area contributed by atoms with Crippen LogP contribution < -0.4 is 4.90 Å². The number of benzene rings is 2. The van der Waals surface area contributed by atoms with Gasteiger partial charge in [0.1, 0.15) is 0 Å². The van der Waals surface area contributed by atoms with Crippen molar-refractivity contribution in [3.8, 4) is 11.5 Å². The minimum absolute atomic E-state index is 0.206. The molecule has 1 amide bonds. The van der Waals surface area contributed by atoms with Crippen molar-refractivity contribution in [1.29, 1.82) is 0 Å². The number of carbonyl (C=O) groups is 1. The Morgan fingerprint density at radius 1 is 1.08 bits per heavy atom. The van der Waals surface area contributed by atoms with Crippen molar-refractivity contribution in [2.24, 2.45) is 0 Å². The van der Waals surface area contributed by atoms with Gasteiger partial charge < -0.3 is 0 Å². The quantitative estimate of drug-likeness (QED) is 0.456. The number of halogens is 1. The number of anilines is 1. The Hall–Kier alpha value is -2.27. The van der Waals surface area contributed by atoms with Gasteiger partial charge in [-0.1, -0.05) is 0 Å². The molecule has 0 atom stereocenters. The summed E-state index contributed by atoms with van der Waals surface area (Å²) < 4.78 is 0.636. The number of phenols is 2. The zero-order valence-electron chi connectivity index (χ0n) is 12.6. The molecule has 0 bridgehead atoms. The zero-order chi connectivity index (χ0) is 17.4. The number of likely N-dealkylation sites (N-methyl/N-ethyl adjacent to an activating group) is 1. The van der Waals surface area contributed by atoms with E-state index in [1.54, 1.807) is 53.3 Å². The van der Waals surface area contributed by atoms with Crippen LogP contribution in [0.4, 0.5) is 5.69 Å². The van der Waals surface area contributed by atoms with E-state index in [-0.39, 0.29) is 17.4 Å². The average molecular weight is 408 g/mol. The maximum absolute atomic E-state index is 12.8. The van der Waals surface area contributed by atoms with Gasteiger partial charge in [-0.2, -0.15) is 0 Å². The van der Waals surface area contributed by atoms with Crippen molar-refractivity contribution >= 4 is 49.5 Å². The van der Waals surface area contributed by atoms with Gasteiger partial charge in [0.05, 0.1) is 0 Å². The molecular formula is C17H13ClN2O3Se. The first-order valence-electron chi connectivity index (χ1n) is 7.00. The molecule has 1 heterocycles.